The Balaban J connectivity index is 1.65. The Morgan fingerprint density at radius 3 is 2.94 bits per heavy atom. The second kappa shape index (κ2) is 9.54. The molecular formula is C22H19ClFN3O4S. The Bertz CT molecular complexity index is 1160. The van der Waals surface area contributed by atoms with Crippen LogP contribution in [0.2, 0.25) is 5.02 Å². The Morgan fingerprint density at radius 2 is 2.16 bits per heavy atom. The fourth-order valence-corrected chi connectivity index (χ4v) is 4.79. The molecule has 2 aromatic carbocycles. The molecule has 0 fully saturated rings. The average Bonchev–Trinajstić information content (AvgIpc) is 3.25. The van der Waals surface area contributed by atoms with Gasteiger partial charge in [-0.2, -0.15) is 0 Å². The topological polar surface area (TPSA) is 91.8 Å². The lowest BCUT2D eigenvalue weighted by atomic mass is 9.97. The summed E-state index contributed by atoms with van der Waals surface area (Å²) >= 11 is 7.65. The molecule has 0 aliphatic carbocycles. The van der Waals surface area contributed by atoms with E-state index in [2.05, 4.69) is 10.3 Å². The SMILES string of the molecule is O=C(O)COc1ccc(Cl)cc1C1c2scnc2CCN1C(=O)NCc1cccc(F)c1. The van der Waals surface area contributed by atoms with Gasteiger partial charge in [-0.05, 0) is 35.9 Å². The van der Waals surface area contributed by atoms with E-state index in [0.717, 1.165) is 10.6 Å². The van der Waals surface area contributed by atoms with Crippen molar-refractivity contribution < 1.29 is 23.8 Å². The third kappa shape index (κ3) is 4.84. The van der Waals surface area contributed by atoms with Gasteiger partial charge < -0.3 is 20.1 Å². The van der Waals surface area contributed by atoms with Gasteiger partial charge in [0.2, 0.25) is 0 Å². The summed E-state index contributed by atoms with van der Waals surface area (Å²) in [5, 5.41) is 12.3. The third-order valence-electron chi connectivity index (χ3n) is 5.03. The Morgan fingerprint density at radius 1 is 1.31 bits per heavy atom. The highest BCUT2D eigenvalue weighted by Crippen LogP contribution is 2.42. The van der Waals surface area contributed by atoms with Gasteiger partial charge in [-0.1, -0.05) is 23.7 Å². The first-order valence-electron chi connectivity index (χ1n) is 9.77. The number of nitrogens with one attached hydrogen (secondary N) is 1. The second-order valence-corrected chi connectivity index (χ2v) is 8.49. The molecule has 166 valence electrons. The molecule has 1 aliphatic heterocycles. The molecule has 3 aromatic rings. The molecule has 0 radical (unpaired) electrons. The molecule has 32 heavy (non-hydrogen) atoms. The normalized spacial score (nSPS) is 15.2. The largest absolute Gasteiger partial charge is 0.482 e. The lowest BCUT2D eigenvalue weighted by molar-refractivity contribution is -0.139. The first-order valence-corrected chi connectivity index (χ1v) is 11.0. The van der Waals surface area contributed by atoms with Crippen LogP contribution in [0.25, 0.3) is 0 Å². The number of fused-ring (bicyclic) bond motifs is 1. The molecule has 1 unspecified atom stereocenters. The monoisotopic (exact) mass is 475 g/mol. The number of aliphatic carboxylic acids is 1. The fourth-order valence-electron chi connectivity index (χ4n) is 3.64. The molecule has 1 aromatic heterocycles. The average molecular weight is 476 g/mol. The van der Waals surface area contributed by atoms with Crippen LogP contribution in [0.5, 0.6) is 5.75 Å². The van der Waals surface area contributed by atoms with Crippen molar-refractivity contribution in [3.63, 3.8) is 0 Å². The zero-order valence-electron chi connectivity index (χ0n) is 16.8. The standard InChI is InChI=1S/C22H19ClFN3O4S/c23-14-4-5-18(31-11-19(28)29)16(9-14)20-21-17(26-12-32-21)6-7-27(20)22(30)25-10-13-2-1-3-15(24)8-13/h1-5,8-9,12,20H,6-7,10-11H2,(H,25,30)(H,28,29). The number of thiazole rings is 1. The molecule has 4 rings (SSSR count). The number of amides is 2. The van der Waals surface area contributed by atoms with Crippen molar-refractivity contribution in [2.75, 3.05) is 13.2 Å². The Labute approximate surface area is 192 Å². The first kappa shape index (κ1) is 22.0. The molecule has 0 spiro atoms. The fraction of sp³-hybridized carbons (Fsp3) is 0.227. The third-order valence-corrected chi connectivity index (χ3v) is 6.19. The summed E-state index contributed by atoms with van der Waals surface area (Å²) in [6.07, 6.45) is 0.578. The number of benzene rings is 2. The maximum atomic E-state index is 13.5. The van der Waals surface area contributed by atoms with Crippen molar-refractivity contribution in [3.05, 3.63) is 80.5 Å². The minimum Gasteiger partial charge on any atom is -0.482 e. The van der Waals surface area contributed by atoms with Crippen LogP contribution in [-0.4, -0.2) is 40.1 Å². The van der Waals surface area contributed by atoms with Crippen molar-refractivity contribution in [3.8, 4) is 5.75 Å². The van der Waals surface area contributed by atoms with E-state index < -0.39 is 18.6 Å². The Hall–Kier alpha value is -3.17. The van der Waals surface area contributed by atoms with E-state index in [4.69, 9.17) is 21.4 Å². The highest BCUT2D eigenvalue weighted by molar-refractivity contribution is 7.09. The number of hydrogen-bond acceptors (Lipinski definition) is 5. The van der Waals surface area contributed by atoms with Crippen molar-refractivity contribution in [2.24, 2.45) is 0 Å². The van der Waals surface area contributed by atoms with Gasteiger partial charge >= 0.3 is 12.0 Å². The predicted molar refractivity (Wildman–Crippen MR) is 118 cm³/mol. The molecule has 0 saturated heterocycles. The quantitative estimate of drug-likeness (QED) is 0.556. The maximum Gasteiger partial charge on any atom is 0.341 e. The molecule has 0 bridgehead atoms. The van der Waals surface area contributed by atoms with Gasteiger partial charge in [0.25, 0.3) is 0 Å². The van der Waals surface area contributed by atoms with Gasteiger partial charge in [-0.25, -0.2) is 19.0 Å². The van der Waals surface area contributed by atoms with E-state index in [-0.39, 0.29) is 18.4 Å². The number of hydrogen-bond donors (Lipinski definition) is 2. The summed E-state index contributed by atoms with van der Waals surface area (Å²) in [6, 6.07) is 9.99. The van der Waals surface area contributed by atoms with Crippen LogP contribution in [0.4, 0.5) is 9.18 Å². The van der Waals surface area contributed by atoms with E-state index in [0.29, 0.717) is 34.9 Å². The van der Waals surface area contributed by atoms with Crippen LogP contribution < -0.4 is 10.1 Å². The highest BCUT2D eigenvalue weighted by atomic mass is 35.5. The van der Waals surface area contributed by atoms with Crippen molar-refractivity contribution in [2.45, 2.75) is 19.0 Å². The first-order chi connectivity index (χ1) is 15.4. The van der Waals surface area contributed by atoms with E-state index >= 15 is 0 Å². The number of carboxylic acid groups (broad SMARTS) is 1. The van der Waals surface area contributed by atoms with E-state index in [1.807, 2.05) is 0 Å². The van der Waals surface area contributed by atoms with E-state index in [9.17, 15) is 14.0 Å². The number of ether oxygens (including phenoxy) is 1. The summed E-state index contributed by atoms with van der Waals surface area (Å²) < 4.78 is 19.0. The van der Waals surface area contributed by atoms with Crippen LogP contribution in [0, 0.1) is 5.82 Å². The second-order valence-electron chi connectivity index (χ2n) is 7.16. The number of halogens is 2. The number of urea groups is 1. The number of nitrogens with zero attached hydrogens (tertiary/aromatic N) is 2. The van der Waals surface area contributed by atoms with Gasteiger partial charge in [0.15, 0.2) is 6.61 Å². The van der Waals surface area contributed by atoms with Gasteiger partial charge in [-0.3, -0.25) is 0 Å². The molecule has 7 nitrogen and oxygen atoms in total. The van der Waals surface area contributed by atoms with Crippen LogP contribution in [0.1, 0.15) is 27.7 Å². The molecule has 10 heteroatoms. The lowest BCUT2D eigenvalue weighted by Crippen LogP contribution is -2.45. The zero-order chi connectivity index (χ0) is 22.7. The minimum absolute atomic E-state index is 0.160. The van der Waals surface area contributed by atoms with Gasteiger partial charge in [0.05, 0.1) is 22.1 Å². The maximum absolute atomic E-state index is 13.5. The number of carbonyl (C=O) groups is 2. The summed E-state index contributed by atoms with van der Waals surface area (Å²) in [5.74, 6) is -1.16. The van der Waals surface area contributed by atoms with Crippen LogP contribution >= 0.6 is 22.9 Å². The predicted octanol–water partition coefficient (Wildman–Crippen LogP) is 4.26. The summed E-state index contributed by atoms with van der Waals surface area (Å²) in [5.41, 5.74) is 3.80. The van der Waals surface area contributed by atoms with Crippen molar-refractivity contribution in [1.29, 1.82) is 0 Å². The number of carboxylic acids is 1. The molecule has 2 heterocycles. The molecule has 2 N–H and O–H groups in total. The van der Waals surface area contributed by atoms with Crippen molar-refractivity contribution >= 4 is 34.9 Å². The number of rotatable bonds is 6. The highest BCUT2D eigenvalue weighted by Gasteiger charge is 2.36. The Kier molecular flexibility index (Phi) is 6.57. The molecule has 1 atom stereocenters. The van der Waals surface area contributed by atoms with Crippen LogP contribution in [0.15, 0.2) is 48.0 Å². The van der Waals surface area contributed by atoms with Gasteiger partial charge in [0, 0.05) is 30.1 Å². The van der Waals surface area contributed by atoms with Crippen molar-refractivity contribution in [1.82, 2.24) is 15.2 Å². The smallest absolute Gasteiger partial charge is 0.341 e. The number of aromatic nitrogens is 1. The van der Waals surface area contributed by atoms with Gasteiger partial charge in [0.1, 0.15) is 11.6 Å². The van der Waals surface area contributed by atoms with Gasteiger partial charge in [-0.15, -0.1) is 11.3 Å². The summed E-state index contributed by atoms with van der Waals surface area (Å²) in [7, 11) is 0. The van der Waals surface area contributed by atoms with E-state index in [1.54, 1.807) is 40.7 Å². The summed E-state index contributed by atoms with van der Waals surface area (Å²) in [6.45, 7) is 0.0250. The number of carbonyl (C=O) groups excluding carboxylic acids is 1. The zero-order valence-corrected chi connectivity index (χ0v) is 18.3. The summed E-state index contributed by atoms with van der Waals surface area (Å²) in [4.78, 5) is 31.1. The van der Waals surface area contributed by atoms with Crippen LogP contribution in [-0.2, 0) is 17.8 Å². The lowest BCUT2D eigenvalue weighted by Gasteiger charge is -2.36. The van der Waals surface area contributed by atoms with E-state index in [1.165, 1.54) is 23.5 Å². The molecule has 1 aliphatic rings. The molecule has 2 amide bonds. The van der Waals surface area contributed by atoms with Crippen LogP contribution in [0.3, 0.4) is 0 Å². The molecule has 0 saturated carbocycles. The minimum atomic E-state index is -1.11. The molecular weight excluding hydrogens is 457 g/mol.